The van der Waals surface area contributed by atoms with Gasteiger partial charge in [-0.2, -0.15) is 17.6 Å². The third kappa shape index (κ3) is 15.1. The van der Waals surface area contributed by atoms with E-state index in [9.17, 15) is 17.6 Å². The number of allylic oxidation sites excluding steroid dienone is 2. The number of alkyl halides is 1. The van der Waals surface area contributed by atoms with E-state index in [2.05, 4.69) is 45.8 Å². The first-order valence-corrected chi connectivity index (χ1v) is 13.8. The minimum Gasteiger partial charge on any atom is -1.00 e. The van der Waals surface area contributed by atoms with E-state index in [4.69, 9.17) is 12.2 Å². The first-order chi connectivity index (χ1) is 18.9. The molecule has 1 N–H and O–H groups in total. The molecule has 4 aromatic rings. The summed E-state index contributed by atoms with van der Waals surface area (Å²) in [6.07, 6.45) is 5.99. The Morgan fingerprint density at radius 1 is 0.775 bits per heavy atom. The van der Waals surface area contributed by atoms with Crippen LogP contribution in [0.1, 0.15) is 12.8 Å². The van der Waals surface area contributed by atoms with E-state index in [1.807, 2.05) is 42.5 Å². The number of halogens is 6. The zero-order chi connectivity index (χ0) is 28.3. The molecule has 0 radical (unpaired) electrons. The topological polar surface area (TPSA) is 80.2 Å². The van der Waals surface area contributed by atoms with Crippen LogP contribution in [0, 0.1) is 4.77 Å². The molecule has 40 heavy (non-hydrogen) atoms. The van der Waals surface area contributed by atoms with E-state index in [-0.39, 0.29) is 17.0 Å². The maximum Gasteiger partial charge on any atom is 0.266 e. The van der Waals surface area contributed by atoms with Crippen LogP contribution in [0.15, 0.2) is 103 Å². The van der Waals surface area contributed by atoms with Gasteiger partial charge in [0.05, 0.1) is 22.8 Å². The third-order valence-corrected chi connectivity index (χ3v) is 5.79. The van der Waals surface area contributed by atoms with Crippen LogP contribution in [0.5, 0.6) is 0 Å². The van der Waals surface area contributed by atoms with E-state index in [0.717, 1.165) is 34.9 Å². The number of nitrogens with one attached hydrogen (secondary N) is 1. The molecule has 0 aliphatic carbocycles. The van der Waals surface area contributed by atoms with Crippen molar-refractivity contribution in [3.8, 4) is 22.8 Å². The second-order valence-electron chi connectivity index (χ2n) is 7.05. The summed E-state index contributed by atoms with van der Waals surface area (Å²) >= 11 is 9.25. The SMILES string of the molecule is FC(F)=CCCBr.FC(F)=CCCSc1nccc(-c2ccccn2)n1.S=c1nccc(-c2ccccn2)[nH]1.[Br-]. The summed E-state index contributed by atoms with van der Waals surface area (Å²) in [6, 6.07) is 14.9. The molecule has 4 rings (SSSR count). The minimum atomic E-state index is -1.65. The lowest BCUT2D eigenvalue weighted by atomic mass is 10.3. The lowest BCUT2D eigenvalue weighted by Crippen LogP contribution is -3.00. The molecule has 0 spiro atoms. The molecule has 0 aliphatic rings. The number of hydrogen-bond acceptors (Lipinski definition) is 7. The Kier molecular flexibility index (Phi) is 18.5. The molecule has 0 bridgehead atoms. The normalized spacial score (nSPS) is 9.53. The number of rotatable bonds is 8. The zero-order valence-electron chi connectivity index (χ0n) is 20.7. The first kappa shape index (κ1) is 35.2. The number of hydrogen-bond donors (Lipinski definition) is 1. The molecule has 6 nitrogen and oxygen atoms in total. The summed E-state index contributed by atoms with van der Waals surface area (Å²) in [4.78, 5) is 23.7. The van der Waals surface area contributed by atoms with Gasteiger partial charge >= 0.3 is 0 Å². The predicted molar refractivity (Wildman–Crippen MR) is 152 cm³/mol. The zero-order valence-corrected chi connectivity index (χ0v) is 25.5. The third-order valence-electron chi connectivity index (χ3n) is 4.23. The van der Waals surface area contributed by atoms with Crippen molar-refractivity contribution < 1.29 is 34.5 Å². The Hall–Kier alpha value is -2.81. The molecule has 4 heterocycles. The van der Waals surface area contributed by atoms with Gasteiger partial charge in [0.25, 0.3) is 12.2 Å². The standard InChI is InChI=1S/C13H11F2N3S.C9H7N3S.C4H5BrF2.BrH/c14-12(15)5-3-9-19-13-17-8-6-11(18-13)10-4-1-2-7-16-10;13-9-11-6-4-8(12-9)7-3-1-2-5-10-7;5-3-1-2-4(6)7;/h1-2,4-8H,3,9H2;1-6H,(H,11,12,13);2H,1,3H2;1H/p-1. The van der Waals surface area contributed by atoms with Gasteiger partial charge in [-0.25, -0.2) is 15.0 Å². The fourth-order valence-electron chi connectivity index (χ4n) is 2.59. The van der Waals surface area contributed by atoms with E-state index in [0.29, 0.717) is 33.9 Å². The number of aromatic amines is 1. The molecular weight excluding hydrogens is 696 g/mol. The second-order valence-corrected chi connectivity index (χ2v) is 9.29. The van der Waals surface area contributed by atoms with Crippen LogP contribution < -0.4 is 17.0 Å². The number of thioether (sulfide) groups is 1. The highest BCUT2D eigenvalue weighted by atomic mass is 79.9. The maximum atomic E-state index is 11.9. The van der Waals surface area contributed by atoms with E-state index in [1.54, 1.807) is 30.9 Å². The van der Waals surface area contributed by atoms with Crippen molar-refractivity contribution in [3.63, 3.8) is 0 Å². The van der Waals surface area contributed by atoms with Crippen LogP contribution in [-0.4, -0.2) is 41.0 Å². The van der Waals surface area contributed by atoms with Crippen LogP contribution in [-0.2, 0) is 0 Å². The number of aromatic nitrogens is 6. The average Bonchev–Trinajstić information content (AvgIpc) is 2.96. The Morgan fingerprint density at radius 2 is 1.40 bits per heavy atom. The van der Waals surface area contributed by atoms with Crippen molar-refractivity contribution in [3.05, 3.63) is 102 Å². The molecule has 0 atom stereocenters. The minimum absolute atomic E-state index is 0. The fraction of sp³-hybridized carbons (Fsp3) is 0.154. The second kappa shape index (κ2) is 21.0. The Balaban J connectivity index is 0.000000331. The van der Waals surface area contributed by atoms with Gasteiger partial charge in [0.2, 0.25) is 0 Å². The number of pyridine rings is 2. The summed E-state index contributed by atoms with van der Waals surface area (Å²) < 4.78 is 46.3. The highest BCUT2D eigenvalue weighted by Gasteiger charge is 2.03. The first-order valence-electron chi connectivity index (χ1n) is 11.3. The summed E-state index contributed by atoms with van der Waals surface area (Å²) in [6.45, 7) is 0. The van der Waals surface area contributed by atoms with Gasteiger partial charge in [0.15, 0.2) is 9.93 Å². The lowest BCUT2D eigenvalue weighted by Gasteiger charge is -2.02. The number of nitrogens with zero attached hydrogens (tertiary/aromatic N) is 5. The molecule has 0 saturated heterocycles. The van der Waals surface area contributed by atoms with Gasteiger partial charge in [0, 0.05) is 35.9 Å². The van der Waals surface area contributed by atoms with Gasteiger partial charge in [0.1, 0.15) is 0 Å². The van der Waals surface area contributed by atoms with Crippen LogP contribution in [0.4, 0.5) is 17.6 Å². The molecule has 0 unspecified atom stereocenters. The van der Waals surface area contributed by atoms with Gasteiger partial charge in [-0.3, -0.25) is 9.97 Å². The molecule has 0 amide bonds. The summed E-state index contributed by atoms with van der Waals surface area (Å²) in [5.41, 5.74) is 3.25. The quantitative estimate of drug-likeness (QED) is 0.0639. The van der Waals surface area contributed by atoms with Gasteiger partial charge in [-0.15, -0.1) is 0 Å². The highest BCUT2D eigenvalue weighted by molar-refractivity contribution is 9.09. The van der Waals surface area contributed by atoms with Crippen molar-refractivity contribution >= 4 is 39.9 Å². The molecule has 0 saturated carbocycles. The molecule has 0 fully saturated rings. The molecule has 212 valence electrons. The van der Waals surface area contributed by atoms with Crippen molar-refractivity contribution in [2.24, 2.45) is 0 Å². The van der Waals surface area contributed by atoms with Crippen molar-refractivity contribution in [1.82, 2.24) is 29.9 Å². The Bertz CT molecular complexity index is 1370. The highest BCUT2D eigenvalue weighted by Crippen LogP contribution is 2.19. The summed E-state index contributed by atoms with van der Waals surface area (Å²) in [7, 11) is 0. The van der Waals surface area contributed by atoms with Crippen LogP contribution in [0.3, 0.4) is 0 Å². The van der Waals surface area contributed by atoms with Crippen LogP contribution in [0.2, 0.25) is 0 Å². The average molecular weight is 719 g/mol. The fourth-order valence-corrected chi connectivity index (χ4v) is 3.71. The van der Waals surface area contributed by atoms with Gasteiger partial charge in [-0.05, 0) is 73.6 Å². The monoisotopic (exact) mass is 717 g/mol. The van der Waals surface area contributed by atoms with Crippen molar-refractivity contribution in [1.29, 1.82) is 0 Å². The van der Waals surface area contributed by atoms with Crippen molar-refractivity contribution in [2.45, 2.75) is 18.0 Å². The van der Waals surface area contributed by atoms with E-state index < -0.39 is 12.2 Å². The molecule has 0 aliphatic heterocycles. The molecular formula is C26H23Br2F4N6S2-. The molecule has 14 heteroatoms. The van der Waals surface area contributed by atoms with E-state index >= 15 is 0 Å². The summed E-state index contributed by atoms with van der Waals surface area (Å²) in [5.74, 6) is 0.517. The lowest BCUT2D eigenvalue weighted by molar-refractivity contribution is -0.0000115. The van der Waals surface area contributed by atoms with E-state index in [1.165, 1.54) is 11.8 Å². The largest absolute Gasteiger partial charge is 1.00 e. The molecule has 4 aromatic heterocycles. The van der Waals surface area contributed by atoms with Crippen LogP contribution >= 0.6 is 39.9 Å². The van der Waals surface area contributed by atoms with Crippen molar-refractivity contribution in [2.75, 3.05) is 11.1 Å². The number of H-pyrrole nitrogens is 1. The predicted octanol–water partition coefficient (Wildman–Crippen LogP) is 5.56. The smallest absolute Gasteiger partial charge is 0.266 e. The Morgan fingerprint density at radius 3 is 1.95 bits per heavy atom. The van der Waals surface area contributed by atoms with Gasteiger partial charge in [-0.1, -0.05) is 39.8 Å². The molecule has 0 aromatic carbocycles. The maximum absolute atomic E-state index is 11.9. The Labute approximate surface area is 257 Å². The van der Waals surface area contributed by atoms with Gasteiger partial charge < -0.3 is 22.0 Å². The van der Waals surface area contributed by atoms with Crippen LogP contribution in [0.25, 0.3) is 22.8 Å². The summed E-state index contributed by atoms with van der Waals surface area (Å²) in [5, 5.41) is 1.17.